The third kappa shape index (κ3) is 4.15. The van der Waals surface area contributed by atoms with E-state index < -0.39 is 0 Å². The predicted molar refractivity (Wildman–Crippen MR) is 106 cm³/mol. The van der Waals surface area contributed by atoms with Crippen LogP contribution in [0, 0.1) is 0 Å². The highest BCUT2D eigenvalue weighted by molar-refractivity contribution is 5.25. The fraction of sp³-hybridized carbons (Fsp3) is 0.182. The lowest BCUT2D eigenvalue weighted by Gasteiger charge is -2.18. The number of aryl methyl sites for hydroxylation is 1. The van der Waals surface area contributed by atoms with E-state index in [2.05, 4.69) is 74.7 Å². The highest BCUT2D eigenvalue weighted by Gasteiger charge is 2.17. The summed E-state index contributed by atoms with van der Waals surface area (Å²) in [4.78, 5) is 4.55. The number of hydrogen-bond acceptors (Lipinski definition) is 3. The summed E-state index contributed by atoms with van der Waals surface area (Å²) in [6, 6.07) is 20.8. The zero-order valence-electron chi connectivity index (χ0n) is 15.4. The highest BCUT2D eigenvalue weighted by atomic mass is 15.3. The Kier molecular flexibility index (Phi) is 5.12. The highest BCUT2D eigenvalue weighted by Crippen LogP contribution is 2.20. The van der Waals surface area contributed by atoms with Crippen LogP contribution in [0.15, 0.2) is 85.5 Å². The fourth-order valence-corrected chi connectivity index (χ4v) is 3.23. The summed E-state index contributed by atoms with van der Waals surface area (Å²) in [5.74, 6) is 0.998. The molecule has 0 fully saturated rings. The minimum Gasteiger partial charge on any atom is -0.336 e. The molecule has 136 valence electrons. The second kappa shape index (κ2) is 8.01. The molecule has 1 unspecified atom stereocenters. The van der Waals surface area contributed by atoms with Crippen molar-refractivity contribution in [2.45, 2.75) is 19.1 Å². The zero-order chi connectivity index (χ0) is 18.5. The van der Waals surface area contributed by atoms with Crippen LogP contribution in [-0.4, -0.2) is 19.3 Å². The van der Waals surface area contributed by atoms with Crippen LogP contribution in [0.5, 0.6) is 0 Å². The molecule has 4 rings (SSSR count). The monoisotopic (exact) mass is 357 g/mol. The van der Waals surface area contributed by atoms with Gasteiger partial charge in [-0.2, -0.15) is 5.10 Å². The maximum absolute atomic E-state index is 4.55. The SMILES string of the molecule is Cn1ccnc1C(NCc1cnn(Cc2ccccc2)c1)c1ccccc1. The molecule has 2 aromatic carbocycles. The molecule has 5 heteroatoms. The minimum absolute atomic E-state index is 0.0312. The average molecular weight is 357 g/mol. The van der Waals surface area contributed by atoms with E-state index in [0.717, 1.165) is 24.5 Å². The fourth-order valence-electron chi connectivity index (χ4n) is 3.23. The van der Waals surface area contributed by atoms with Crippen LogP contribution in [-0.2, 0) is 20.1 Å². The van der Waals surface area contributed by atoms with E-state index in [0.29, 0.717) is 0 Å². The van der Waals surface area contributed by atoms with Gasteiger partial charge in [-0.05, 0) is 11.1 Å². The third-order valence-corrected chi connectivity index (χ3v) is 4.63. The number of nitrogens with one attached hydrogen (secondary N) is 1. The van der Waals surface area contributed by atoms with Crippen LogP contribution in [0.2, 0.25) is 0 Å². The molecule has 0 bridgehead atoms. The number of imidazole rings is 1. The van der Waals surface area contributed by atoms with E-state index in [9.17, 15) is 0 Å². The summed E-state index contributed by atoms with van der Waals surface area (Å²) in [7, 11) is 2.03. The second-order valence-electron chi connectivity index (χ2n) is 6.65. The maximum atomic E-state index is 4.55. The Hall–Kier alpha value is -3.18. The lowest BCUT2D eigenvalue weighted by molar-refractivity contribution is 0.557. The molecule has 0 aliphatic rings. The Balaban J connectivity index is 1.48. The summed E-state index contributed by atoms with van der Waals surface area (Å²) < 4.78 is 4.04. The van der Waals surface area contributed by atoms with Crippen molar-refractivity contribution in [1.29, 1.82) is 0 Å². The van der Waals surface area contributed by atoms with E-state index >= 15 is 0 Å². The number of benzene rings is 2. The van der Waals surface area contributed by atoms with Gasteiger partial charge in [0.2, 0.25) is 0 Å². The maximum Gasteiger partial charge on any atom is 0.130 e. The summed E-state index contributed by atoms with van der Waals surface area (Å²) >= 11 is 0. The van der Waals surface area contributed by atoms with Crippen molar-refractivity contribution in [3.05, 3.63) is 108 Å². The smallest absolute Gasteiger partial charge is 0.130 e. The number of rotatable bonds is 7. The van der Waals surface area contributed by atoms with E-state index in [-0.39, 0.29) is 6.04 Å². The lowest BCUT2D eigenvalue weighted by Crippen LogP contribution is -2.24. The molecular weight excluding hydrogens is 334 g/mol. The summed E-state index contributed by atoms with van der Waals surface area (Å²) in [5.41, 5.74) is 3.60. The molecule has 1 atom stereocenters. The summed E-state index contributed by atoms with van der Waals surface area (Å²) in [6.07, 6.45) is 7.84. The van der Waals surface area contributed by atoms with Crippen molar-refractivity contribution in [2.75, 3.05) is 0 Å². The van der Waals surface area contributed by atoms with Gasteiger partial charge in [-0.25, -0.2) is 4.98 Å². The van der Waals surface area contributed by atoms with Crippen molar-refractivity contribution < 1.29 is 0 Å². The van der Waals surface area contributed by atoms with Gasteiger partial charge in [0.15, 0.2) is 0 Å². The minimum atomic E-state index is 0.0312. The molecule has 5 nitrogen and oxygen atoms in total. The molecule has 0 aliphatic heterocycles. The van der Waals surface area contributed by atoms with Crippen molar-refractivity contribution in [2.24, 2.45) is 7.05 Å². The van der Waals surface area contributed by atoms with Crippen molar-refractivity contribution in [3.63, 3.8) is 0 Å². The first-order valence-corrected chi connectivity index (χ1v) is 9.10. The Morgan fingerprint density at radius 2 is 1.70 bits per heavy atom. The van der Waals surface area contributed by atoms with Gasteiger partial charge in [0.05, 0.1) is 18.8 Å². The van der Waals surface area contributed by atoms with Gasteiger partial charge in [-0.1, -0.05) is 60.7 Å². The van der Waals surface area contributed by atoms with E-state index in [1.807, 2.05) is 42.5 Å². The van der Waals surface area contributed by atoms with Crippen molar-refractivity contribution >= 4 is 0 Å². The molecule has 2 heterocycles. The van der Waals surface area contributed by atoms with Gasteiger partial charge in [-0.3, -0.25) is 10.00 Å². The van der Waals surface area contributed by atoms with Gasteiger partial charge in [0.1, 0.15) is 5.82 Å². The molecule has 4 aromatic rings. The Morgan fingerprint density at radius 1 is 0.963 bits per heavy atom. The summed E-state index contributed by atoms with van der Waals surface area (Å²) in [5, 5.41) is 8.13. The van der Waals surface area contributed by atoms with E-state index in [4.69, 9.17) is 0 Å². The first-order chi connectivity index (χ1) is 13.3. The molecule has 0 saturated carbocycles. The molecule has 0 spiro atoms. The molecule has 0 amide bonds. The van der Waals surface area contributed by atoms with Crippen LogP contribution < -0.4 is 5.32 Å². The largest absolute Gasteiger partial charge is 0.336 e. The van der Waals surface area contributed by atoms with Gasteiger partial charge >= 0.3 is 0 Å². The zero-order valence-corrected chi connectivity index (χ0v) is 15.4. The number of hydrogen-bond donors (Lipinski definition) is 1. The number of nitrogens with zero attached hydrogens (tertiary/aromatic N) is 4. The predicted octanol–water partition coefficient (Wildman–Crippen LogP) is 3.54. The molecule has 1 N–H and O–H groups in total. The van der Waals surface area contributed by atoms with Gasteiger partial charge in [0, 0.05) is 37.7 Å². The first-order valence-electron chi connectivity index (χ1n) is 9.10. The Labute approximate surface area is 159 Å². The second-order valence-corrected chi connectivity index (χ2v) is 6.65. The van der Waals surface area contributed by atoms with Crippen molar-refractivity contribution in [1.82, 2.24) is 24.6 Å². The van der Waals surface area contributed by atoms with Crippen molar-refractivity contribution in [3.8, 4) is 0 Å². The van der Waals surface area contributed by atoms with Crippen LogP contribution in [0.25, 0.3) is 0 Å². The van der Waals surface area contributed by atoms with Gasteiger partial charge in [0.25, 0.3) is 0 Å². The topological polar surface area (TPSA) is 47.7 Å². The quantitative estimate of drug-likeness (QED) is 0.550. The normalized spacial score (nSPS) is 12.2. The molecule has 0 aliphatic carbocycles. The van der Waals surface area contributed by atoms with Gasteiger partial charge < -0.3 is 4.57 Å². The third-order valence-electron chi connectivity index (χ3n) is 4.63. The first kappa shape index (κ1) is 17.2. The van der Waals surface area contributed by atoms with Crippen LogP contribution in [0.4, 0.5) is 0 Å². The molecule has 0 saturated heterocycles. The summed E-state index contributed by atoms with van der Waals surface area (Å²) in [6.45, 7) is 1.50. The molecular formula is C22H23N5. The van der Waals surface area contributed by atoms with Gasteiger partial charge in [-0.15, -0.1) is 0 Å². The Bertz CT molecular complexity index is 972. The molecule has 2 aromatic heterocycles. The van der Waals surface area contributed by atoms with Crippen LogP contribution >= 0.6 is 0 Å². The van der Waals surface area contributed by atoms with E-state index in [1.165, 1.54) is 11.1 Å². The Morgan fingerprint density at radius 3 is 2.41 bits per heavy atom. The van der Waals surface area contributed by atoms with Crippen LogP contribution in [0.1, 0.15) is 28.6 Å². The number of aromatic nitrogens is 4. The average Bonchev–Trinajstić information content (AvgIpc) is 3.33. The molecule has 0 radical (unpaired) electrons. The lowest BCUT2D eigenvalue weighted by atomic mass is 10.1. The van der Waals surface area contributed by atoms with Crippen LogP contribution in [0.3, 0.4) is 0 Å². The molecule has 27 heavy (non-hydrogen) atoms. The standard InChI is InChI=1S/C22H23N5/c1-26-13-12-23-22(26)21(20-10-6-3-7-11-20)24-14-19-15-25-27(17-19)16-18-8-4-2-5-9-18/h2-13,15,17,21,24H,14,16H2,1H3. The van der Waals surface area contributed by atoms with E-state index in [1.54, 1.807) is 0 Å².